The predicted octanol–water partition coefficient (Wildman–Crippen LogP) is 0.697. The van der Waals surface area contributed by atoms with Crippen LogP contribution < -0.4 is 0 Å². The highest BCUT2D eigenvalue weighted by molar-refractivity contribution is 6.15. The summed E-state index contributed by atoms with van der Waals surface area (Å²) in [6.07, 6.45) is 0.0132. The van der Waals surface area contributed by atoms with E-state index >= 15 is 0 Å². The van der Waals surface area contributed by atoms with Gasteiger partial charge in [-0.1, -0.05) is 38.7 Å². The van der Waals surface area contributed by atoms with E-state index in [0.29, 0.717) is 6.42 Å². The molecule has 0 aromatic heterocycles. The minimum absolute atomic E-state index is 0.155. The summed E-state index contributed by atoms with van der Waals surface area (Å²) in [6.45, 7) is 2.02. The van der Waals surface area contributed by atoms with Gasteiger partial charge < -0.3 is 29.5 Å². The van der Waals surface area contributed by atoms with Crippen LogP contribution in [0.2, 0.25) is 0 Å². The van der Waals surface area contributed by atoms with Crippen molar-refractivity contribution in [2.24, 2.45) is 11.8 Å². The fraction of sp³-hybridized carbons (Fsp3) is 0.577. The summed E-state index contributed by atoms with van der Waals surface area (Å²) in [5, 5.41) is 33.6. The summed E-state index contributed by atoms with van der Waals surface area (Å²) in [7, 11) is 0. The first-order chi connectivity index (χ1) is 17.6. The molecule has 0 aromatic rings. The van der Waals surface area contributed by atoms with E-state index in [1.54, 1.807) is 0 Å². The highest BCUT2D eigenvalue weighted by Crippen LogP contribution is 2.43. The Kier molecular flexibility index (Phi) is 8.05. The van der Waals surface area contributed by atoms with E-state index in [-0.39, 0.29) is 42.4 Å². The summed E-state index contributed by atoms with van der Waals surface area (Å²) in [5.74, 6) is -7.33. The molecule has 6 atom stereocenters. The van der Waals surface area contributed by atoms with E-state index in [9.17, 15) is 39.3 Å². The lowest BCUT2D eigenvalue weighted by Crippen LogP contribution is -2.39. The molecule has 0 amide bonds. The number of carbonyl (C=O) groups excluding carboxylic acids is 5. The fourth-order valence-corrected chi connectivity index (χ4v) is 5.48. The van der Waals surface area contributed by atoms with Crippen LogP contribution in [0.5, 0.6) is 0 Å². The monoisotopic (exact) mass is 518 g/mol. The third-order valence-electron chi connectivity index (χ3n) is 7.38. The Morgan fingerprint density at radius 2 is 1.51 bits per heavy atom. The first-order valence-electron chi connectivity index (χ1n) is 12.5. The smallest absolute Gasteiger partial charge is 0.345 e. The van der Waals surface area contributed by atoms with E-state index in [2.05, 4.69) is 0 Å². The lowest BCUT2D eigenvalue weighted by atomic mass is 9.80. The van der Waals surface area contributed by atoms with E-state index in [4.69, 9.17) is 14.2 Å². The number of aliphatic hydroxyl groups excluding tert-OH is 3. The molecule has 3 aliphatic heterocycles. The first kappa shape index (κ1) is 26.9. The molecule has 0 radical (unpaired) electrons. The Bertz CT molecular complexity index is 1100. The van der Waals surface area contributed by atoms with Gasteiger partial charge in [-0.15, -0.1) is 0 Å². The number of cyclic esters (lactones) is 5. The maximum absolute atomic E-state index is 12.8. The molecule has 4 rings (SSSR count). The molecule has 200 valence electrons. The molecule has 11 nitrogen and oxygen atoms in total. The summed E-state index contributed by atoms with van der Waals surface area (Å²) < 4.78 is 14.8. The van der Waals surface area contributed by atoms with Gasteiger partial charge in [-0.25, -0.2) is 24.0 Å². The average molecular weight is 519 g/mol. The quantitative estimate of drug-likeness (QED) is 0.179. The lowest BCUT2D eigenvalue weighted by molar-refractivity contribution is -0.154. The zero-order chi connectivity index (χ0) is 26.9. The maximum Gasteiger partial charge on any atom is 0.345 e. The van der Waals surface area contributed by atoms with Gasteiger partial charge in [-0.3, -0.25) is 0 Å². The molecule has 3 heterocycles. The molecule has 11 heteroatoms. The van der Waals surface area contributed by atoms with Crippen LogP contribution in [0, 0.1) is 11.8 Å². The van der Waals surface area contributed by atoms with Gasteiger partial charge in [-0.05, 0) is 25.2 Å². The number of hydrogen-bond acceptors (Lipinski definition) is 11. The Hall–Kier alpha value is -3.15. The zero-order valence-corrected chi connectivity index (χ0v) is 20.4. The SMILES string of the molecule is CCCCCC[C@@H](O)[C@@H]1C2=C(C[C@H]([C@H](O)[C@H]3CC=CC(=O)O3)CC3=C(C(=O)OC3=O)[C@@H]1O)C(=O)OC2=O. The van der Waals surface area contributed by atoms with Gasteiger partial charge in [-0.2, -0.15) is 0 Å². The summed E-state index contributed by atoms with van der Waals surface area (Å²) in [6, 6.07) is 0. The third-order valence-corrected chi connectivity index (χ3v) is 7.38. The topological polar surface area (TPSA) is 174 Å². The molecule has 0 spiro atoms. The molecule has 37 heavy (non-hydrogen) atoms. The molecule has 0 unspecified atom stereocenters. The normalized spacial score (nSPS) is 29.7. The van der Waals surface area contributed by atoms with Gasteiger partial charge in [0.2, 0.25) is 0 Å². The maximum atomic E-state index is 12.8. The van der Waals surface area contributed by atoms with E-state index in [0.717, 1.165) is 19.3 Å². The number of aliphatic hydroxyl groups is 3. The van der Waals surface area contributed by atoms with Crippen molar-refractivity contribution in [3.63, 3.8) is 0 Å². The van der Waals surface area contributed by atoms with Crippen molar-refractivity contribution in [3.8, 4) is 0 Å². The molecule has 0 saturated carbocycles. The standard InChI is InChI=1S/C26H30O11/c1-2-3-4-5-7-15(27)20-18-13(23(31)36-25(18)33)10-12(21(29)16-8-6-9-17(28)35-16)11-14-19(22(20)30)26(34)37-24(14)32/h6,9,12,15-16,20-22,27,29-30H,2-5,7-8,10-11H2,1H3/t12-,15+,16+,20+,21-,22-/m0/s1. The molecular formula is C26H30O11. The van der Waals surface area contributed by atoms with Gasteiger partial charge in [0, 0.05) is 24.0 Å². The van der Waals surface area contributed by atoms with Crippen molar-refractivity contribution in [2.75, 3.05) is 0 Å². The van der Waals surface area contributed by atoms with Crippen LogP contribution >= 0.6 is 0 Å². The second kappa shape index (κ2) is 11.1. The van der Waals surface area contributed by atoms with Crippen molar-refractivity contribution in [1.82, 2.24) is 0 Å². The van der Waals surface area contributed by atoms with Gasteiger partial charge >= 0.3 is 29.8 Å². The Morgan fingerprint density at radius 3 is 2.14 bits per heavy atom. The molecule has 0 saturated heterocycles. The number of unbranched alkanes of at least 4 members (excludes halogenated alkanes) is 3. The van der Waals surface area contributed by atoms with Gasteiger partial charge in [0.1, 0.15) is 6.10 Å². The van der Waals surface area contributed by atoms with Crippen LogP contribution in [0.4, 0.5) is 0 Å². The summed E-state index contributed by atoms with van der Waals surface area (Å²) >= 11 is 0. The third kappa shape index (κ3) is 5.29. The number of rotatable bonds is 8. The minimum atomic E-state index is -1.84. The van der Waals surface area contributed by atoms with E-state index < -0.39 is 71.7 Å². The average Bonchev–Trinajstić information content (AvgIpc) is 3.30. The van der Waals surface area contributed by atoms with Gasteiger partial charge in [0.15, 0.2) is 0 Å². The molecule has 0 fully saturated rings. The lowest BCUT2D eigenvalue weighted by Gasteiger charge is -2.30. The Balaban J connectivity index is 1.78. The van der Waals surface area contributed by atoms with Crippen molar-refractivity contribution >= 4 is 29.8 Å². The summed E-state index contributed by atoms with van der Waals surface area (Å²) in [4.78, 5) is 62.6. The molecule has 4 aliphatic rings. The van der Waals surface area contributed by atoms with Crippen LogP contribution in [0.25, 0.3) is 0 Å². The summed E-state index contributed by atoms with van der Waals surface area (Å²) in [5.41, 5.74) is -1.10. The van der Waals surface area contributed by atoms with Crippen molar-refractivity contribution in [2.45, 2.75) is 82.7 Å². The van der Waals surface area contributed by atoms with Gasteiger partial charge in [0.05, 0.1) is 35.0 Å². The van der Waals surface area contributed by atoms with E-state index in [1.165, 1.54) is 12.2 Å². The number of ether oxygens (including phenoxy) is 3. The van der Waals surface area contributed by atoms with Crippen molar-refractivity contribution in [1.29, 1.82) is 0 Å². The predicted molar refractivity (Wildman–Crippen MR) is 123 cm³/mol. The zero-order valence-electron chi connectivity index (χ0n) is 20.4. The van der Waals surface area contributed by atoms with Crippen molar-refractivity contribution in [3.05, 3.63) is 34.4 Å². The van der Waals surface area contributed by atoms with Crippen LogP contribution in [-0.4, -0.2) is 69.6 Å². The fourth-order valence-electron chi connectivity index (χ4n) is 5.48. The highest BCUT2D eigenvalue weighted by Gasteiger charge is 2.51. The minimum Gasteiger partial charge on any atom is -0.456 e. The largest absolute Gasteiger partial charge is 0.456 e. The number of esters is 5. The van der Waals surface area contributed by atoms with E-state index in [1.807, 2.05) is 6.92 Å². The molecule has 1 aliphatic carbocycles. The van der Waals surface area contributed by atoms with Crippen molar-refractivity contribution < 1.29 is 53.5 Å². The number of hydrogen-bond donors (Lipinski definition) is 3. The second-order valence-electron chi connectivity index (χ2n) is 9.80. The second-order valence-corrected chi connectivity index (χ2v) is 9.80. The highest BCUT2D eigenvalue weighted by atomic mass is 16.6. The molecule has 3 N–H and O–H groups in total. The number of carbonyl (C=O) groups is 5. The van der Waals surface area contributed by atoms with Gasteiger partial charge in [0.25, 0.3) is 0 Å². The first-order valence-corrected chi connectivity index (χ1v) is 12.5. The molecule has 0 bridgehead atoms. The van der Waals surface area contributed by atoms with Crippen LogP contribution in [0.3, 0.4) is 0 Å². The van der Waals surface area contributed by atoms with Crippen LogP contribution in [-0.2, 0) is 38.2 Å². The molecular weight excluding hydrogens is 488 g/mol. The van der Waals surface area contributed by atoms with Crippen LogP contribution in [0.15, 0.2) is 34.4 Å². The molecule has 0 aromatic carbocycles. The Morgan fingerprint density at radius 1 is 0.892 bits per heavy atom. The van der Waals surface area contributed by atoms with Crippen LogP contribution in [0.1, 0.15) is 58.3 Å². The Labute approximate surface area is 212 Å².